The van der Waals surface area contributed by atoms with Crippen LogP contribution in [-0.4, -0.2) is 44.9 Å². The van der Waals surface area contributed by atoms with E-state index in [1.807, 2.05) is 48.8 Å². The number of rotatable bonds is 9. The van der Waals surface area contributed by atoms with Crippen molar-refractivity contribution in [1.82, 2.24) is 14.3 Å². The second kappa shape index (κ2) is 10.1. The highest BCUT2D eigenvalue weighted by atomic mass is 32.2. The molecular formula is C22H26N4O2S. The number of amides is 2. The standard InChI is InChI=1S/C22H26N4O2S/c1-3-25(4-2)22(28)17-8-10-18(11-9-17)24-21(27)12-14-29-16-19-15-26-13-6-5-7-20(26)23-19/h5-11,13,15H,3-4,12,14,16H2,1-2H3,(H,24,27). The number of aromatic nitrogens is 2. The number of carbonyl (C=O) groups is 2. The molecule has 3 rings (SSSR count). The normalized spacial score (nSPS) is 10.8. The number of thioether (sulfide) groups is 1. The average molecular weight is 411 g/mol. The summed E-state index contributed by atoms with van der Waals surface area (Å²) in [5.41, 5.74) is 3.28. The number of pyridine rings is 1. The van der Waals surface area contributed by atoms with Crippen LogP contribution in [0.5, 0.6) is 0 Å². The average Bonchev–Trinajstić information content (AvgIpc) is 3.15. The molecule has 2 amide bonds. The van der Waals surface area contributed by atoms with Gasteiger partial charge in [-0.2, -0.15) is 11.8 Å². The van der Waals surface area contributed by atoms with E-state index in [1.165, 1.54) is 0 Å². The smallest absolute Gasteiger partial charge is 0.253 e. The van der Waals surface area contributed by atoms with Gasteiger partial charge in [0.25, 0.3) is 5.91 Å². The van der Waals surface area contributed by atoms with E-state index in [0.717, 1.165) is 22.8 Å². The van der Waals surface area contributed by atoms with Crippen LogP contribution in [-0.2, 0) is 10.5 Å². The lowest BCUT2D eigenvalue weighted by Crippen LogP contribution is -2.30. The summed E-state index contributed by atoms with van der Waals surface area (Å²) in [5, 5.41) is 2.89. The number of nitrogens with zero attached hydrogens (tertiary/aromatic N) is 3. The van der Waals surface area contributed by atoms with Gasteiger partial charge in [-0.1, -0.05) is 6.07 Å². The van der Waals surface area contributed by atoms with Gasteiger partial charge in [0.05, 0.1) is 5.69 Å². The molecule has 29 heavy (non-hydrogen) atoms. The van der Waals surface area contributed by atoms with E-state index < -0.39 is 0 Å². The molecule has 152 valence electrons. The van der Waals surface area contributed by atoms with Crippen LogP contribution in [0.2, 0.25) is 0 Å². The van der Waals surface area contributed by atoms with Crippen molar-refractivity contribution in [3.8, 4) is 0 Å². The van der Waals surface area contributed by atoms with Crippen LogP contribution in [0.3, 0.4) is 0 Å². The van der Waals surface area contributed by atoms with Gasteiger partial charge in [0.15, 0.2) is 0 Å². The van der Waals surface area contributed by atoms with Crippen molar-refractivity contribution < 1.29 is 9.59 Å². The van der Waals surface area contributed by atoms with Gasteiger partial charge in [0.1, 0.15) is 5.65 Å². The summed E-state index contributed by atoms with van der Waals surface area (Å²) in [5.74, 6) is 1.47. The van der Waals surface area contributed by atoms with Crippen molar-refractivity contribution in [3.05, 3.63) is 66.1 Å². The van der Waals surface area contributed by atoms with E-state index in [4.69, 9.17) is 0 Å². The molecule has 7 heteroatoms. The Morgan fingerprint density at radius 3 is 2.55 bits per heavy atom. The maximum Gasteiger partial charge on any atom is 0.253 e. The highest BCUT2D eigenvalue weighted by molar-refractivity contribution is 7.98. The third-order valence-corrected chi connectivity index (χ3v) is 5.60. The molecule has 0 saturated heterocycles. The Bertz CT molecular complexity index is 931. The van der Waals surface area contributed by atoms with Crippen molar-refractivity contribution in [1.29, 1.82) is 0 Å². The topological polar surface area (TPSA) is 66.7 Å². The first-order valence-electron chi connectivity index (χ1n) is 9.80. The SMILES string of the molecule is CCN(CC)C(=O)c1ccc(NC(=O)CCSCc2cn3ccccc3n2)cc1. The monoisotopic (exact) mass is 410 g/mol. The Balaban J connectivity index is 1.42. The minimum atomic E-state index is -0.0321. The lowest BCUT2D eigenvalue weighted by molar-refractivity contribution is -0.115. The molecule has 0 spiro atoms. The summed E-state index contributed by atoms with van der Waals surface area (Å²) in [7, 11) is 0. The summed E-state index contributed by atoms with van der Waals surface area (Å²) in [6.45, 7) is 5.28. The van der Waals surface area contributed by atoms with E-state index in [1.54, 1.807) is 40.9 Å². The Kier molecular flexibility index (Phi) is 7.30. The first-order chi connectivity index (χ1) is 14.1. The molecule has 0 aliphatic carbocycles. The molecule has 3 aromatic rings. The van der Waals surface area contributed by atoms with Crippen LogP contribution in [0.4, 0.5) is 5.69 Å². The molecule has 0 atom stereocenters. The summed E-state index contributed by atoms with van der Waals surface area (Å²) < 4.78 is 2.00. The zero-order valence-corrected chi connectivity index (χ0v) is 17.6. The quantitative estimate of drug-likeness (QED) is 0.540. The van der Waals surface area contributed by atoms with Crippen LogP contribution in [0.1, 0.15) is 36.3 Å². The molecule has 0 aliphatic heterocycles. The van der Waals surface area contributed by atoms with Gasteiger partial charge < -0.3 is 14.6 Å². The Morgan fingerprint density at radius 1 is 1.10 bits per heavy atom. The predicted molar refractivity (Wildman–Crippen MR) is 118 cm³/mol. The molecule has 0 saturated carbocycles. The van der Waals surface area contributed by atoms with Crippen LogP contribution in [0, 0.1) is 0 Å². The van der Waals surface area contributed by atoms with Crippen LogP contribution in [0.15, 0.2) is 54.9 Å². The zero-order chi connectivity index (χ0) is 20.6. The number of hydrogen-bond acceptors (Lipinski definition) is 4. The molecule has 1 N–H and O–H groups in total. The number of fused-ring (bicyclic) bond motifs is 1. The molecule has 0 radical (unpaired) electrons. The van der Waals surface area contributed by atoms with Crippen molar-refractivity contribution in [3.63, 3.8) is 0 Å². The summed E-state index contributed by atoms with van der Waals surface area (Å²) >= 11 is 1.69. The second-order valence-corrected chi connectivity index (χ2v) is 7.71. The van der Waals surface area contributed by atoms with Crippen LogP contribution < -0.4 is 5.32 Å². The van der Waals surface area contributed by atoms with Gasteiger partial charge in [-0.05, 0) is 50.2 Å². The van der Waals surface area contributed by atoms with E-state index in [2.05, 4.69) is 10.3 Å². The van der Waals surface area contributed by atoms with Gasteiger partial charge in [-0.3, -0.25) is 9.59 Å². The Labute approximate surface area is 175 Å². The third-order valence-electron chi connectivity index (χ3n) is 4.60. The van der Waals surface area contributed by atoms with Crippen LogP contribution >= 0.6 is 11.8 Å². The molecule has 2 aromatic heterocycles. The molecule has 1 aromatic carbocycles. The van der Waals surface area contributed by atoms with Crippen molar-refractivity contribution in [2.75, 3.05) is 24.2 Å². The lowest BCUT2D eigenvalue weighted by Gasteiger charge is -2.18. The molecule has 0 bridgehead atoms. The Morgan fingerprint density at radius 2 is 1.86 bits per heavy atom. The number of hydrogen-bond donors (Lipinski definition) is 1. The first kappa shape index (κ1) is 20.9. The van der Waals surface area contributed by atoms with Gasteiger partial charge >= 0.3 is 0 Å². The fraction of sp³-hybridized carbons (Fsp3) is 0.318. The third kappa shape index (κ3) is 5.60. The predicted octanol–water partition coefficient (Wildman–Crippen LogP) is 4.08. The minimum absolute atomic E-state index is 0.0104. The number of benzene rings is 1. The molecule has 6 nitrogen and oxygen atoms in total. The van der Waals surface area contributed by atoms with E-state index in [0.29, 0.717) is 30.8 Å². The fourth-order valence-corrected chi connectivity index (χ4v) is 3.83. The molecule has 0 aliphatic rings. The second-order valence-electron chi connectivity index (χ2n) is 6.60. The van der Waals surface area contributed by atoms with Gasteiger partial charge in [0.2, 0.25) is 5.91 Å². The number of carbonyl (C=O) groups excluding carboxylic acids is 2. The van der Waals surface area contributed by atoms with Crippen molar-refractivity contribution >= 4 is 34.9 Å². The summed E-state index contributed by atoms with van der Waals surface area (Å²) in [6, 6.07) is 13.0. The lowest BCUT2D eigenvalue weighted by atomic mass is 10.1. The molecular weight excluding hydrogens is 384 g/mol. The van der Waals surface area contributed by atoms with Crippen molar-refractivity contribution in [2.45, 2.75) is 26.0 Å². The highest BCUT2D eigenvalue weighted by Gasteiger charge is 2.12. The number of anilines is 1. The van der Waals surface area contributed by atoms with Gasteiger partial charge in [-0.15, -0.1) is 0 Å². The first-order valence-corrected chi connectivity index (χ1v) is 11.0. The van der Waals surface area contributed by atoms with Crippen molar-refractivity contribution in [2.24, 2.45) is 0 Å². The van der Waals surface area contributed by atoms with E-state index in [-0.39, 0.29) is 11.8 Å². The largest absolute Gasteiger partial charge is 0.339 e. The number of imidazole rings is 1. The maximum absolute atomic E-state index is 12.3. The molecule has 2 heterocycles. The van der Waals surface area contributed by atoms with Gasteiger partial charge in [0, 0.05) is 54.7 Å². The van der Waals surface area contributed by atoms with E-state index in [9.17, 15) is 9.59 Å². The minimum Gasteiger partial charge on any atom is -0.339 e. The number of nitrogens with one attached hydrogen (secondary N) is 1. The molecule has 0 fully saturated rings. The summed E-state index contributed by atoms with van der Waals surface area (Å²) in [4.78, 5) is 30.8. The summed E-state index contributed by atoms with van der Waals surface area (Å²) in [6.07, 6.45) is 4.42. The Hall–Kier alpha value is -2.80. The maximum atomic E-state index is 12.3. The van der Waals surface area contributed by atoms with Gasteiger partial charge in [-0.25, -0.2) is 4.98 Å². The zero-order valence-electron chi connectivity index (χ0n) is 16.8. The highest BCUT2D eigenvalue weighted by Crippen LogP contribution is 2.15. The fourth-order valence-electron chi connectivity index (χ4n) is 3.01. The van der Waals surface area contributed by atoms with E-state index >= 15 is 0 Å². The van der Waals surface area contributed by atoms with Crippen LogP contribution in [0.25, 0.3) is 5.65 Å². The molecule has 0 unspecified atom stereocenters.